The monoisotopic (exact) mass is 329 g/mol. The van der Waals surface area contributed by atoms with Crippen molar-refractivity contribution in [3.8, 4) is 0 Å². The van der Waals surface area contributed by atoms with Crippen LogP contribution in [0.2, 0.25) is 0 Å². The minimum Gasteiger partial charge on any atom is -0.369 e. The second kappa shape index (κ2) is 5.87. The smallest absolute Gasteiger partial charge is 0.150 e. The Morgan fingerprint density at radius 3 is 2.79 bits per heavy atom. The van der Waals surface area contributed by atoms with Crippen molar-refractivity contribution in [2.24, 2.45) is 23.2 Å². The van der Waals surface area contributed by atoms with Crippen molar-refractivity contribution in [1.82, 2.24) is 15.5 Å². The molecule has 1 saturated heterocycles. The summed E-state index contributed by atoms with van der Waals surface area (Å²) in [6, 6.07) is 3.31. The molecule has 1 unspecified atom stereocenters. The van der Waals surface area contributed by atoms with Gasteiger partial charge in [-0.2, -0.15) is 5.10 Å². The maximum absolute atomic E-state index is 4.35. The van der Waals surface area contributed by atoms with Gasteiger partial charge in [-0.05, 0) is 49.5 Å². The second-order valence-corrected chi connectivity index (χ2v) is 8.73. The van der Waals surface area contributed by atoms with Crippen molar-refractivity contribution >= 4 is 11.5 Å². The van der Waals surface area contributed by atoms with E-state index in [1.807, 2.05) is 13.2 Å². The average molecular weight is 329 g/mol. The van der Waals surface area contributed by atoms with Crippen molar-refractivity contribution in [2.45, 2.75) is 52.1 Å². The zero-order chi connectivity index (χ0) is 16.9. The summed E-state index contributed by atoms with van der Waals surface area (Å²) in [5.41, 5.74) is 1.72. The third-order valence-electron chi connectivity index (χ3n) is 7.29. The molecule has 0 amide bonds. The highest BCUT2D eigenvalue weighted by molar-refractivity contribution is 5.53. The van der Waals surface area contributed by atoms with E-state index >= 15 is 0 Å². The molecule has 4 aliphatic rings. The molecule has 5 heteroatoms. The normalized spacial score (nSPS) is 37.2. The Labute approximate surface area is 145 Å². The lowest BCUT2D eigenvalue weighted by atomic mass is 9.45. The van der Waals surface area contributed by atoms with Crippen molar-refractivity contribution in [3.63, 3.8) is 0 Å². The summed E-state index contributed by atoms with van der Waals surface area (Å²) in [6.45, 7) is 9.46. The van der Waals surface area contributed by atoms with Crippen LogP contribution in [0.4, 0.5) is 11.5 Å². The lowest BCUT2D eigenvalue weighted by Gasteiger charge is -2.62. The van der Waals surface area contributed by atoms with Crippen LogP contribution in [0.1, 0.15) is 40.0 Å². The molecule has 1 aromatic heterocycles. The van der Waals surface area contributed by atoms with Crippen LogP contribution >= 0.6 is 0 Å². The Bertz CT molecular complexity index is 601. The molecule has 1 aromatic rings. The number of anilines is 2. The third kappa shape index (κ3) is 2.57. The van der Waals surface area contributed by atoms with Crippen LogP contribution in [0.15, 0.2) is 12.3 Å². The van der Waals surface area contributed by atoms with Crippen LogP contribution in [0, 0.1) is 23.2 Å². The standard InChI is InChI=1S/C19H31N5/c1-12-16-7-13(19(16,2)3)8-17(12)22-18-9-15(10-21-23-18)24-6-5-14(11-24)20-4/h9-10,12-14,16-17,20H,5-8,11H2,1-4H3,(H,22,23)/t12?,13-,14-,16+,17+/m1/s1. The molecule has 3 saturated carbocycles. The van der Waals surface area contributed by atoms with E-state index < -0.39 is 0 Å². The fraction of sp³-hybridized carbons (Fsp3) is 0.789. The molecule has 24 heavy (non-hydrogen) atoms. The van der Waals surface area contributed by atoms with E-state index in [9.17, 15) is 0 Å². The molecule has 2 heterocycles. The van der Waals surface area contributed by atoms with Crippen molar-refractivity contribution < 1.29 is 0 Å². The number of hydrogen-bond donors (Lipinski definition) is 2. The van der Waals surface area contributed by atoms with E-state index in [1.165, 1.54) is 24.9 Å². The maximum atomic E-state index is 4.35. The van der Waals surface area contributed by atoms with Gasteiger partial charge in [0.25, 0.3) is 0 Å². The first-order valence-electron chi connectivity index (χ1n) is 9.50. The predicted molar refractivity (Wildman–Crippen MR) is 98.3 cm³/mol. The highest BCUT2D eigenvalue weighted by atomic mass is 15.2. The molecule has 0 spiro atoms. The van der Waals surface area contributed by atoms with Crippen LogP contribution in [0.25, 0.3) is 0 Å². The van der Waals surface area contributed by atoms with Crippen LogP contribution in [0.5, 0.6) is 0 Å². The molecule has 4 fully saturated rings. The molecule has 1 aliphatic heterocycles. The summed E-state index contributed by atoms with van der Waals surface area (Å²) >= 11 is 0. The molecule has 132 valence electrons. The van der Waals surface area contributed by atoms with Gasteiger partial charge in [0.1, 0.15) is 0 Å². The van der Waals surface area contributed by atoms with Crippen LogP contribution in [0.3, 0.4) is 0 Å². The molecule has 5 atom stereocenters. The molecule has 2 N–H and O–H groups in total. The summed E-state index contributed by atoms with van der Waals surface area (Å²) in [6.07, 6.45) is 5.77. The Kier molecular flexibility index (Phi) is 3.94. The molecule has 5 rings (SSSR count). The van der Waals surface area contributed by atoms with Crippen LogP contribution < -0.4 is 15.5 Å². The van der Waals surface area contributed by atoms with Gasteiger partial charge in [-0.3, -0.25) is 0 Å². The minimum absolute atomic E-state index is 0.531. The maximum Gasteiger partial charge on any atom is 0.150 e. The van der Waals surface area contributed by atoms with Crippen molar-refractivity contribution in [2.75, 3.05) is 30.4 Å². The number of aromatic nitrogens is 2. The number of likely N-dealkylation sites (N-methyl/N-ethyl adjacent to an activating group) is 1. The molecule has 5 nitrogen and oxygen atoms in total. The number of fused-ring (bicyclic) bond motifs is 2. The summed E-state index contributed by atoms with van der Waals surface area (Å²) in [5.74, 6) is 3.36. The number of nitrogens with one attached hydrogen (secondary N) is 2. The number of nitrogens with zero attached hydrogens (tertiary/aromatic N) is 3. The lowest BCUT2D eigenvalue weighted by Crippen LogP contribution is -2.58. The van der Waals surface area contributed by atoms with Crippen LogP contribution in [-0.4, -0.2) is 42.4 Å². The predicted octanol–water partition coefficient (Wildman–Crippen LogP) is 2.76. The van der Waals surface area contributed by atoms with Gasteiger partial charge in [0.15, 0.2) is 5.82 Å². The van der Waals surface area contributed by atoms with E-state index in [-0.39, 0.29) is 0 Å². The van der Waals surface area contributed by atoms with Crippen molar-refractivity contribution in [3.05, 3.63) is 12.3 Å². The number of hydrogen-bond acceptors (Lipinski definition) is 5. The van der Waals surface area contributed by atoms with Gasteiger partial charge in [0.2, 0.25) is 0 Å². The zero-order valence-corrected chi connectivity index (χ0v) is 15.4. The first kappa shape index (κ1) is 16.1. The Morgan fingerprint density at radius 1 is 1.29 bits per heavy atom. The van der Waals surface area contributed by atoms with Crippen molar-refractivity contribution in [1.29, 1.82) is 0 Å². The lowest BCUT2D eigenvalue weighted by molar-refractivity contribution is -0.105. The SMILES string of the molecule is CN[C@@H]1CCN(c2cnnc(N[C@H]3C[C@H]4C[C@@H](C3C)C4(C)C)c2)C1. The fourth-order valence-corrected chi connectivity index (χ4v) is 5.36. The molecular formula is C19H31N5. The van der Waals surface area contributed by atoms with E-state index in [4.69, 9.17) is 0 Å². The highest BCUT2D eigenvalue weighted by Crippen LogP contribution is 2.61. The summed E-state index contributed by atoms with van der Waals surface area (Å²) in [7, 11) is 2.04. The largest absolute Gasteiger partial charge is 0.369 e. The Hall–Kier alpha value is -1.36. The van der Waals surface area contributed by atoms with E-state index in [0.717, 1.165) is 30.7 Å². The van der Waals surface area contributed by atoms with E-state index in [1.54, 1.807) is 0 Å². The average Bonchev–Trinajstić information content (AvgIpc) is 3.05. The zero-order valence-electron chi connectivity index (χ0n) is 15.4. The van der Waals surface area contributed by atoms with Gasteiger partial charge >= 0.3 is 0 Å². The highest BCUT2D eigenvalue weighted by Gasteiger charge is 2.56. The summed E-state index contributed by atoms with van der Waals surface area (Å²) in [4.78, 5) is 2.41. The molecule has 0 aromatic carbocycles. The molecule has 2 bridgehead atoms. The third-order valence-corrected chi connectivity index (χ3v) is 7.29. The molecular weight excluding hydrogens is 298 g/mol. The summed E-state index contributed by atoms with van der Waals surface area (Å²) < 4.78 is 0. The number of rotatable bonds is 4. The topological polar surface area (TPSA) is 53.1 Å². The molecule has 0 radical (unpaired) electrons. The van der Waals surface area contributed by atoms with E-state index in [0.29, 0.717) is 23.4 Å². The van der Waals surface area contributed by atoms with Gasteiger partial charge < -0.3 is 15.5 Å². The van der Waals surface area contributed by atoms with Gasteiger partial charge in [-0.1, -0.05) is 20.8 Å². The minimum atomic E-state index is 0.531. The fourth-order valence-electron chi connectivity index (χ4n) is 5.36. The van der Waals surface area contributed by atoms with Gasteiger partial charge in [-0.25, -0.2) is 0 Å². The van der Waals surface area contributed by atoms with Gasteiger partial charge in [-0.15, -0.1) is 5.10 Å². The summed E-state index contributed by atoms with van der Waals surface area (Å²) in [5, 5.41) is 15.7. The second-order valence-electron chi connectivity index (χ2n) is 8.73. The first-order chi connectivity index (χ1) is 11.5. The van der Waals surface area contributed by atoms with Gasteiger partial charge in [0.05, 0.1) is 11.9 Å². The van der Waals surface area contributed by atoms with E-state index in [2.05, 4.69) is 52.6 Å². The first-order valence-corrected chi connectivity index (χ1v) is 9.50. The van der Waals surface area contributed by atoms with Gasteiger partial charge in [0, 0.05) is 31.2 Å². The molecule has 3 aliphatic carbocycles. The quantitative estimate of drug-likeness (QED) is 0.889. The Morgan fingerprint density at radius 2 is 2.12 bits per heavy atom. The Balaban J connectivity index is 1.44. The van der Waals surface area contributed by atoms with Crippen LogP contribution in [-0.2, 0) is 0 Å².